The fourth-order valence-corrected chi connectivity index (χ4v) is 2.31. The van der Waals surface area contributed by atoms with Crippen LogP contribution in [0.1, 0.15) is 38.7 Å². The van der Waals surface area contributed by atoms with Gasteiger partial charge in [-0.2, -0.15) is 0 Å². The molecule has 0 aliphatic heterocycles. The van der Waals surface area contributed by atoms with E-state index in [1.807, 2.05) is 12.1 Å². The van der Waals surface area contributed by atoms with Gasteiger partial charge in [-0.1, -0.05) is 39.0 Å². The lowest BCUT2D eigenvalue weighted by atomic mass is 10.0. The Balaban J connectivity index is 1.74. The van der Waals surface area contributed by atoms with E-state index in [9.17, 15) is 0 Å². The van der Waals surface area contributed by atoms with E-state index in [2.05, 4.69) is 48.5 Å². The summed E-state index contributed by atoms with van der Waals surface area (Å²) >= 11 is 0. The van der Waals surface area contributed by atoms with Gasteiger partial charge in [0.1, 0.15) is 12.4 Å². The summed E-state index contributed by atoms with van der Waals surface area (Å²) in [7, 11) is 1.80. The molecule has 0 radical (unpaired) electrons. The molecule has 21 heavy (non-hydrogen) atoms. The van der Waals surface area contributed by atoms with Gasteiger partial charge in [0.2, 0.25) is 0 Å². The van der Waals surface area contributed by atoms with Crippen LogP contribution in [0.5, 0.6) is 5.75 Å². The van der Waals surface area contributed by atoms with Crippen LogP contribution in [0.25, 0.3) is 0 Å². The molecule has 1 fully saturated rings. The van der Waals surface area contributed by atoms with Gasteiger partial charge in [-0.3, -0.25) is 4.99 Å². The summed E-state index contributed by atoms with van der Waals surface area (Å²) in [5.74, 6) is 3.08. The number of aliphatic imine (C=N–C) groups is 1. The second-order valence-electron chi connectivity index (χ2n) is 6.00. The van der Waals surface area contributed by atoms with Crippen LogP contribution < -0.4 is 15.4 Å². The number of benzene rings is 1. The zero-order valence-corrected chi connectivity index (χ0v) is 13.5. The quantitative estimate of drug-likeness (QED) is 0.481. The normalized spacial score (nSPS) is 21.3. The molecule has 2 rings (SSSR count). The number of nitrogens with zero attached hydrogens (tertiary/aromatic N) is 1. The van der Waals surface area contributed by atoms with Crippen molar-refractivity contribution in [2.75, 3.05) is 20.2 Å². The molecule has 4 heteroatoms. The first-order chi connectivity index (χ1) is 10.1. The minimum absolute atomic E-state index is 0.472. The Morgan fingerprint density at radius 3 is 2.71 bits per heavy atom. The average Bonchev–Trinajstić information content (AvgIpc) is 3.17. The Bertz CT molecular complexity index is 485. The van der Waals surface area contributed by atoms with Crippen LogP contribution in [0.2, 0.25) is 0 Å². The van der Waals surface area contributed by atoms with Gasteiger partial charge in [0.25, 0.3) is 0 Å². The first kappa shape index (κ1) is 15.7. The van der Waals surface area contributed by atoms with E-state index in [-0.39, 0.29) is 0 Å². The Labute approximate surface area is 128 Å². The van der Waals surface area contributed by atoms with Crippen molar-refractivity contribution in [3.8, 4) is 5.75 Å². The molecule has 4 nitrogen and oxygen atoms in total. The van der Waals surface area contributed by atoms with Crippen molar-refractivity contribution in [1.82, 2.24) is 10.6 Å². The molecule has 0 amide bonds. The topological polar surface area (TPSA) is 45.7 Å². The van der Waals surface area contributed by atoms with Crippen molar-refractivity contribution < 1.29 is 4.74 Å². The number of hydrogen-bond donors (Lipinski definition) is 2. The molecule has 0 aromatic heterocycles. The van der Waals surface area contributed by atoms with E-state index >= 15 is 0 Å². The van der Waals surface area contributed by atoms with Crippen molar-refractivity contribution >= 4 is 5.96 Å². The van der Waals surface area contributed by atoms with Gasteiger partial charge in [0.15, 0.2) is 5.96 Å². The van der Waals surface area contributed by atoms with Crippen LogP contribution in [0.15, 0.2) is 29.3 Å². The van der Waals surface area contributed by atoms with Crippen molar-refractivity contribution in [3.05, 3.63) is 29.8 Å². The van der Waals surface area contributed by atoms with Gasteiger partial charge in [-0.15, -0.1) is 0 Å². The standard InChI is InChI=1S/C17H27N3O/c1-12(2)14-7-5-6-8-16(14)21-10-9-19-17(18-4)20-15-11-13(15)3/h5-8,12-13,15H,9-11H2,1-4H3,(H2,18,19,20). The number of hydrogen-bond acceptors (Lipinski definition) is 2. The third-order valence-electron chi connectivity index (χ3n) is 3.85. The van der Waals surface area contributed by atoms with E-state index < -0.39 is 0 Å². The van der Waals surface area contributed by atoms with Crippen molar-refractivity contribution in [2.24, 2.45) is 10.9 Å². The second-order valence-corrected chi connectivity index (χ2v) is 6.00. The van der Waals surface area contributed by atoms with Crippen molar-refractivity contribution in [1.29, 1.82) is 0 Å². The zero-order valence-electron chi connectivity index (χ0n) is 13.5. The number of rotatable bonds is 6. The summed E-state index contributed by atoms with van der Waals surface area (Å²) in [6, 6.07) is 8.82. The molecule has 0 spiro atoms. The molecule has 1 aliphatic carbocycles. The zero-order chi connectivity index (χ0) is 15.2. The molecule has 1 aromatic carbocycles. The SMILES string of the molecule is CN=C(NCCOc1ccccc1C(C)C)NC1CC1C. The Morgan fingerprint density at radius 2 is 2.10 bits per heavy atom. The number of para-hydroxylation sites is 1. The van der Waals surface area contributed by atoms with Crippen LogP contribution in [-0.2, 0) is 0 Å². The molecule has 1 aromatic rings. The Kier molecular flexibility index (Phi) is 5.48. The summed E-state index contributed by atoms with van der Waals surface area (Å²) in [4.78, 5) is 4.23. The van der Waals surface area contributed by atoms with Gasteiger partial charge in [-0.05, 0) is 29.9 Å². The average molecular weight is 289 g/mol. The van der Waals surface area contributed by atoms with Gasteiger partial charge < -0.3 is 15.4 Å². The molecule has 1 aliphatic rings. The smallest absolute Gasteiger partial charge is 0.191 e. The lowest BCUT2D eigenvalue weighted by molar-refractivity contribution is 0.317. The third kappa shape index (κ3) is 4.66. The minimum atomic E-state index is 0.472. The monoisotopic (exact) mass is 289 g/mol. The summed E-state index contributed by atoms with van der Waals surface area (Å²) in [6.07, 6.45) is 1.24. The number of ether oxygens (including phenoxy) is 1. The first-order valence-electron chi connectivity index (χ1n) is 7.80. The lowest BCUT2D eigenvalue weighted by Crippen LogP contribution is -2.40. The largest absolute Gasteiger partial charge is 0.491 e. The van der Waals surface area contributed by atoms with Gasteiger partial charge in [0.05, 0.1) is 6.54 Å². The van der Waals surface area contributed by atoms with Gasteiger partial charge >= 0.3 is 0 Å². The maximum absolute atomic E-state index is 5.89. The van der Waals surface area contributed by atoms with E-state index in [1.165, 1.54) is 12.0 Å². The molecular weight excluding hydrogens is 262 g/mol. The highest BCUT2D eigenvalue weighted by molar-refractivity contribution is 5.80. The van der Waals surface area contributed by atoms with E-state index in [0.29, 0.717) is 18.6 Å². The second kappa shape index (κ2) is 7.34. The summed E-state index contributed by atoms with van der Waals surface area (Å²) in [6.45, 7) is 7.99. The fourth-order valence-electron chi connectivity index (χ4n) is 2.31. The molecule has 2 unspecified atom stereocenters. The highest BCUT2D eigenvalue weighted by atomic mass is 16.5. The Morgan fingerprint density at radius 1 is 1.38 bits per heavy atom. The molecule has 2 atom stereocenters. The molecular formula is C17H27N3O. The highest BCUT2D eigenvalue weighted by Crippen LogP contribution is 2.28. The fraction of sp³-hybridized carbons (Fsp3) is 0.588. The molecule has 0 saturated heterocycles. The van der Waals surface area contributed by atoms with Crippen LogP contribution in [0.3, 0.4) is 0 Å². The van der Waals surface area contributed by atoms with E-state index in [1.54, 1.807) is 7.05 Å². The van der Waals surface area contributed by atoms with Crippen molar-refractivity contribution in [2.45, 2.75) is 39.2 Å². The Hall–Kier alpha value is -1.71. The molecule has 2 N–H and O–H groups in total. The third-order valence-corrected chi connectivity index (χ3v) is 3.85. The first-order valence-corrected chi connectivity index (χ1v) is 7.80. The van der Waals surface area contributed by atoms with Crippen LogP contribution in [0, 0.1) is 5.92 Å². The van der Waals surface area contributed by atoms with Crippen LogP contribution in [-0.4, -0.2) is 32.2 Å². The van der Waals surface area contributed by atoms with E-state index in [4.69, 9.17) is 4.74 Å². The number of nitrogens with one attached hydrogen (secondary N) is 2. The van der Waals surface area contributed by atoms with E-state index in [0.717, 1.165) is 24.2 Å². The number of guanidine groups is 1. The lowest BCUT2D eigenvalue weighted by Gasteiger charge is -2.15. The summed E-state index contributed by atoms with van der Waals surface area (Å²) in [5.41, 5.74) is 1.26. The summed E-state index contributed by atoms with van der Waals surface area (Å²) in [5, 5.41) is 6.70. The maximum atomic E-state index is 5.89. The van der Waals surface area contributed by atoms with Crippen LogP contribution in [0.4, 0.5) is 0 Å². The predicted octanol–water partition coefficient (Wildman–Crippen LogP) is 2.76. The van der Waals surface area contributed by atoms with Gasteiger partial charge in [-0.25, -0.2) is 0 Å². The molecule has 0 bridgehead atoms. The van der Waals surface area contributed by atoms with Crippen molar-refractivity contribution in [3.63, 3.8) is 0 Å². The molecule has 116 valence electrons. The summed E-state index contributed by atoms with van der Waals surface area (Å²) < 4.78 is 5.89. The highest BCUT2D eigenvalue weighted by Gasteiger charge is 2.33. The van der Waals surface area contributed by atoms with Gasteiger partial charge in [0, 0.05) is 13.1 Å². The predicted molar refractivity (Wildman–Crippen MR) is 88.1 cm³/mol. The van der Waals surface area contributed by atoms with Crippen LogP contribution >= 0.6 is 0 Å². The molecule has 1 saturated carbocycles. The molecule has 0 heterocycles. The minimum Gasteiger partial charge on any atom is -0.491 e. The maximum Gasteiger partial charge on any atom is 0.191 e.